The van der Waals surface area contributed by atoms with Gasteiger partial charge in [0.2, 0.25) is 17.7 Å². The zero-order chi connectivity index (χ0) is 33.4. The van der Waals surface area contributed by atoms with Crippen molar-refractivity contribution in [3.8, 4) is 0 Å². The minimum atomic E-state index is -1.39. The number of amides is 3. The van der Waals surface area contributed by atoms with Gasteiger partial charge in [-0.1, -0.05) is 6.07 Å². The molecule has 0 spiro atoms. The van der Waals surface area contributed by atoms with Crippen LogP contribution in [-0.2, 0) is 36.9 Å². The number of carbonyl (C=O) groups excluding carboxylic acids is 4. The number of carboxylic acids is 1. The van der Waals surface area contributed by atoms with Crippen LogP contribution in [0.15, 0.2) is 51.9 Å². The van der Waals surface area contributed by atoms with Crippen molar-refractivity contribution in [3.63, 3.8) is 0 Å². The summed E-state index contributed by atoms with van der Waals surface area (Å²) in [5.41, 5.74) is -0.559. The highest BCUT2D eigenvalue weighted by Crippen LogP contribution is 2.40. The van der Waals surface area contributed by atoms with Gasteiger partial charge in [-0.05, 0) is 30.5 Å². The van der Waals surface area contributed by atoms with Crippen molar-refractivity contribution < 1.29 is 38.2 Å². The average Bonchev–Trinajstić information content (AvgIpc) is 3.58. The summed E-state index contributed by atoms with van der Waals surface area (Å²) in [5, 5.41) is 13.8. The standard InChI is InChI=1S/C31H30FN5O8S2/c1-2-35-13-20(27(40)19-11-21(32)23(12-22(19)35)36-7-5-34(16-38)6-8-36)31(44)45-14-17-15-47-29-25(28(41)37(29)26(17)30(42)43)33-24(39)10-18-4-3-9-46-18/h3-4,9,11-13,16,25,29H,2,5-8,10,14-15H2,1H3,(H,33,39)(H,42,43)/t25-,29?/m1/s1. The number of ether oxygens (including phenoxy) is 1. The lowest BCUT2D eigenvalue weighted by atomic mass is 10.0. The van der Waals surface area contributed by atoms with E-state index in [1.54, 1.807) is 33.4 Å². The van der Waals surface area contributed by atoms with Crippen LogP contribution in [0.3, 0.4) is 0 Å². The number of carbonyl (C=O) groups is 5. The number of anilines is 1. The molecule has 47 heavy (non-hydrogen) atoms. The molecule has 1 aromatic carbocycles. The zero-order valence-corrected chi connectivity index (χ0v) is 26.8. The SMILES string of the molecule is CCn1cc(C(=O)OCC2=C(C(=O)O)N3C(=O)[C@@H](NC(=O)Cc4cccs4)C3SC2)c(=O)c2cc(F)c(N3CCN(C=O)CC3)cc21. The first-order chi connectivity index (χ1) is 22.6. The Morgan fingerprint density at radius 1 is 1.17 bits per heavy atom. The molecule has 2 aromatic heterocycles. The minimum absolute atomic E-state index is 0.0195. The van der Waals surface area contributed by atoms with Crippen LogP contribution in [0.1, 0.15) is 22.2 Å². The zero-order valence-electron chi connectivity index (χ0n) is 25.1. The molecule has 2 N–H and O–H groups in total. The summed E-state index contributed by atoms with van der Waals surface area (Å²) in [7, 11) is 0. The number of hydrogen-bond donors (Lipinski definition) is 2. The highest BCUT2D eigenvalue weighted by atomic mass is 32.2. The summed E-state index contributed by atoms with van der Waals surface area (Å²) in [6.07, 6.45) is 2.19. The Bertz CT molecular complexity index is 1870. The molecule has 0 aliphatic carbocycles. The number of fused-ring (bicyclic) bond motifs is 2. The first-order valence-corrected chi connectivity index (χ1v) is 16.7. The van der Waals surface area contributed by atoms with E-state index >= 15 is 4.39 Å². The van der Waals surface area contributed by atoms with Crippen LogP contribution in [0, 0.1) is 5.82 Å². The number of hydrogen-bond acceptors (Lipinski definition) is 10. The Hall–Kier alpha value is -4.70. The van der Waals surface area contributed by atoms with Crippen molar-refractivity contribution in [2.24, 2.45) is 0 Å². The van der Waals surface area contributed by atoms with Gasteiger partial charge in [-0.2, -0.15) is 0 Å². The van der Waals surface area contributed by atoms with Crippen LogP contribution >= 0.6 is 23.1 Å². The van der Waals surface area contributed by atoms with Crippen LogP contribution in [0.5, 0.6) is 0 Å². The van der Waals surface area contributed by atoms with E-state index in [-0.39, 0.29) is 46.0 Å². The number of β-lactam (4-membered cyclic amide) rings is 1. The number of nitrogens with one attached hydrogen (secondary N) is 1. The molecule has 0 bridgehead atoms. The number of aryl methyl sites for hydroxylation is 1. The molecule has 0 saturated carbocycles. The smallest absolute Gasteiger partial charge is 0.352 e. The molecular weight excluding hydrogens is 654 g/mol. The van der Waals surface area contributed by atoms with Gasteiger partial charge in [-0.25, -0.2) is 14.0 Å². The van der Waals surface area contributed by atoms with E-state index in [9.17, 15) is 33.9 Å². The van der Waals surface area contributed by atoms with Crippen LogP contribution in [-0.4, -0.2) is 99.6 Å². The number of halogens is 1. The number of aliphatic carboxylic acids is 1. The maximum Gasteiger partial charge on any atom is 0.352 e. The second-order valence-electron chi connectivity index (χ2n) is 11.2. The molecule has 246 valence electrons. The maximum atomic E-state index is 15.3. The molecule has 2 fully saturated rings. The predicted molar refractivity (Wildman–Crippen MR) is 172 cm³/mol. The lowest BCUT2D eigenvalue weighted by Crippen LogP contribution is -2.70. The van der Waals surface area contributed by atoms with Crippen molar-refractivity contribution in [1.29, 1.82) is 0 Å². The highest BCUT2D eigenvalue weighted by molar-refractivity contribution is 8.00. The maximum absolute atomic E-state index is 15.3. The lowest BCUT2D eigenvalue weighted by molar-refractivity contribution is -0.150. The Balaban J connectivity index is 1.19. The normalized spacial score (nSPS) is 19.4. The number of benzene rings is 1. The van der Waals surface area contributed by atoms with Gasteiger partial charge in [0, 0.05) is 60.5 Å². The number of piperazine rings is 1. The Labute approximate surface area is 275 Å². The van der Waals surface area contributed by atoms with E-state index < -0.39 is 47.1 Å². The van der Waals surface area contributed by atoms with Crippen LogP contribution in [0.2, 0.25) is 0 Å². The molecule has 13 nitrogen and oxygen atoms in total. The van der Waals surface area contributed by atoms with Gasteiger partial charge in [0.1, 0.15) is 35.1 Å². The molecule has 0 radical (unpaired) electrons. The molecule has 1 unspecified atom stereocenters. The molecule has 16 heteroatoms. The van der Waals surface area contributed by atoms with E-state index in [0.29, 0.717) is 38.2 Å². The van der Waals surface area contributed by atoms with Crippen LogP contribution in [0.25, 0.3) is 10.9 Å². The molecule has 5 heterocycles. The Morgan fingerprint density at radius 2 is 1.94 bits per heavy atom. The molecule has 3 amide bonds. The molecule has 3 aliphatic rings. The fourth-order valence-electron chi connectivity index (χ4n) is 5.94. The van der Waals surface area contributed by atoms with Gasteiger partial charge in [0.15, 0.2) is 0 Å². The fourth-order valence-corrected chi connectivity index (χ4v) is 7.97. The summed E-state index contributed by atoms with van der Waals surface area (Å²) in [6, 6.07) is 5.38. The molecule has 6 rings (SSSR count). The third-order valence-corrected chi connectivity index (χ3v) is 10.6. The van der Waals surface area contributed by atoms with Gasteiger partial charge >= 0.3 is 11.9 Å². The summed E-state index contributed by atoms with van der Waals surface area (Å²) in [6.45, 7) is 3.35. The van der Waals surface area contributed by atoms with Crippen LogP contribution in [0.4, 0.5) is 10.1 Å². The van der Waals surface area contributed by atoms with Crippen molar-refractivity contribution >= 4 is 69.9 Å². The number of thioether (sulfide) groups is 1. The fraction of sp³-hybridized carbons (Fsp3) is 0.355. The summed E-state index contributed by atoms with van der Waals surface area (Å²) >= 11 is 2.64. The Kier molecular flexibility index (Phi) is 9.05. The second-order valence-corrected chi connectivity index (χ2v) is 13.3. The molecular formula is C31H30FN5O8S2. The number of thiophene rings is 1. The second kappa shape index (κ2) is 13.2. The van der Waals surface area contributed by atoms with E-state index in [4.69, 9.17) is 4.74 Å². The van der Waals surface area contributed by atoms with Gasteiger partial charge in [0.25, 0.3) is 5.91 Å². The number of carboxylic acid groups (broad SMARTS) is 1. The number of esters is 1. The summed E-state index contributed by atoms with van der Waals surface area (Å²) in [5.74, 6) is -3.90. The van der Waals surface area contributed by atoms with E-state index in [2.05, 4.69) is 5.32 Å². The lowest BCUT2D eigenvalue weighted by Gasteiger charge is -2.49. The van der Waals surface area contributed by atoms with Crippen molar-refractivity contribution in [1.82, 2.24) is 19.7 Å². The average molecular weight is 684 g/mol. The van der Waals surface area contributed by atoms with Crippen molar-refractivity contribution in [3.05, 3.63) is 73.6 Å². The minimum Gasteiger partial charge on any atom is -0.477 e. The van der Waals surface area contributed by atoms with E-state index in [1.807, 2.05) is 11.4 Å². The molecule has 2 atom stereocenters. The number of nitrogens with zero attached hydrogens (tertiary/aromatic N) is 4. The van der Waals surface area contributed by atoms with Crippen molar-refractivity contribution in [2.45, 2.75) is 31.3 Å². The molecule has 3 aromatic rings. The first-order valence-electron chi connectivity index (χ1n) is 14.8. The number of rotatable bonds is 10. The van der Waals surface area contributed by atoms with Crippen LogP contribution < -0.4 is 15.6 Å². The van der Waals surface area contributed by atoms with Gasteiger partial charge in [0.05, 0.1) is 17.6 Å². The number of aromatic nitrogens is 1. The van der Waals surface area contributed by atoms with E-state index in [1.165, 1.54) is 29.3 Å². The largest absolute Gasteiger partial charge is 0.477 e. The first kappa shape index (κ1) is 32.2. The van der Waals surface area contributed by atoms with Gasteiger partial charge in [-0.3, -0.25) is 24.1 Å². The molecule has 3 aliphatic heterocycles. The van der Waals surface area contributed by atoms with Gasteiger partial charge in [-0.15, -0.1) is 23.1 Å². The topological polar surface area (TPSA) is 159 Å². The quantitative estimate of drug-likeness (QED) is 0.183. The molecule has 2 saturated heterocycles. The summed E-state index contributed by atoms with van der Waals surface area (Å²) in [4.78, 5) is 80.7. The monoisotopic (exact) mass is 683 g/mol. The van der Waals surface area contributed by atoms with Crippen molar-refractivity contribution in [2.75, 3.05) is 43.4 Å². The third-order valence-electron chi connectivity index (χ3n) is 8.37. The van der Waals surface area contributed by atoms with Gasteiger partial charge < -0.3 is 29.5 Å². The predicted octanol–water partition coefficient (Wildman–Crippen LogP) is 1.64. The Morgan fingerprint density at radius 3 is 2.60 bits per heavy atom. The third kappa shape index (κ3) is 6.10. The number of pyridine rings is 1. The highest BCUT2D eigenvalue weighted by Gasteiger charge is 2.54. The van der Waals surface area contributed by atoms with E-state index in [0.717, 1.165) is 22.3 Å². The summed E-state index contributed by atoms with van der Waals surface area (Å²) < 4.78 is 22.4.